The van der Waals surface area contributed by atoms with E-state index in [0.29, 0.717) is 37.1 Å². The van der Waals surface area contributed by atoms with Crippen LogP contribution in [0.1, 0.15) is 39.0 Å². The van der Waals surface area contributed by atoms with Gasteiger partial charge >= 0.3 is 5.69 Å². The number of benzene rings is 1. The summed E-state index contributed by atoms with van der Waals surface area (Å²) in [6.45, 7) is 5.51. The zero-order valence-corrected chi connectivity index (χ0v) is 20.2. The summed E-state index contributed by atoms with van der Waals surface area (Å²) in [7, 11) is 0. The number of hydrogen-bond donors (Lipinski definition) is 0. The summed E-state index contributed by atoms with van der Waals surface area (Å²) in [5.41, 5.74) is 0.0596. The van der Waals surface area contributed by atoms with Crippen molar-refractivity contribution in [2.24, 2.45) is 0 Å². The summed E-state index contributed by atoms with van der Waals surface area (Å²) in [5, 5.41) is 0.239. The second-order valence-corrected chi connectivity index (χ2v) is 9.42. The molecule has 184 valence electrons. The standard InChI is InChI=1S/C26H32N6O3/c1-2-31-24-21(17-27-23(28-24)19-9-5-3-6-10-19)25(34)32(26(31)35)18-22(33)30-15-11-20(12-16-30)29-13-7-4-8-14-29/h3,5-6,9-10,17,20H,2,4,7-8,11-16,18H2,1H3. The van der Waals surface area contributed by atoms with Gasteiger partial charge in [0.15, 0.2) is 11.5 Å². The number of nitrogens with zero attached hydrogens (tertiary/aromatic N) is 6. The van der Waals surface area contributed by atoms with Gasteiger partial charge in [-0.15, -0.1) is 0 Å². The highest BCUT2D eigenvalue weighted by Gasteiger charge is 2.28. The number of piperidine rings is 2. The summed E-state index contributed by atoms with van der Waals surface area (Å²) >= 11 is 0. The molecule has 3 aromatic rings. The number of hydrogen-bond acceptors (Lipinski definition) is 6. The van der Waals surface area contributed by atoms with E-state index < -0.39 is 11.2 Å². The van der Waals surface area contributed by atoms with Crippen molar-refractivity contribution in [1.29, 1.82) is 0 Å². The van der Waals surface area contributed by atoms with Crippen LogP contribution in [-0.2, 0) is 17.9 Å². The summed E-state index contributed by atoms with van der Waals surface area (Å²) in [5.74, 6) is 0.259. The Bertz CT molecular complexity index is 1320. The van der Waals surface area contributed by atoms with Crippen LogP contribution in [0.25, 0.3) is 22.4 Å². The summed E-state index contributed by atoms with van der Waals surface area (Å²) < 4.78 is 2.48. The van der Waals surface area contributed by atoms with Crippen molar-refractivity contribution < 1.29 is 4.79 Å². The SMILES string of the molecule is CCn1c(=O)n(CC(=O)N2CCC(N3CCCCC3)CC2)c(=O)c2cnc(-c3ccccc3)nc21. The lowest BCUT2D eigenvalue weighted by atomic mass is 10.00. The number of carbonyl (C=O) groups excluding carboxylic acids is 1. The molecule has 0 spiro atoms. The lowest BCUT2D eigenvalue weighted by Gasteiger charge is -2.40. The lowest BCUT2D eigenvalue weighted by molar-refractivity contribution is -0.133. The Balaban J connectivity index is 1.38. The molecule has 0 N–H and O–H groups in total. The van der Waals surface area contributed by atoms with Crippen molar-refractivity contribution in [3.63, 3.8) is 0 Å². The highest BCUT2D eigenvalue weighted by atomic mass is 16.2. The Morgan fingerprint density at radius 3 is 2.37 bits per heavy atom. The van der Waals surface area contributed by atoms with Crippen LogP contribution >= 0.6 is 0 Å². The van der Waals surface area contributed by atoms with Crippen molar-refractivity contribution in [1.82, 2.24) is 28.9 Å². The molecule has 0 unspecified atom stereocenters. The Morgan fingerprint density at radius 2 is 1.69 bits per heavy atom. The van der Waals surface area contributed by atoms with Gasteiger partial charge in [0.2, 0.25) is 5.91 Å². The largest absolute Gasteiger partial charge is 0.341 e. The highest BCUT2D eigenvalue weighted by molar-refractivity contribution is 5.78. The molecular weight excluding hydrogens is 444 g/mol. The first kappa shape index (κ1) is 23.4. The van der Waals surface area contributed by atoms with E-state index in [0.717, 1.165) is 36.1 Å². The van der Waals surface area contributed by atoms with Gasteiger partial charge in [0.25, 0.3) is 5.56 Å². The highest BCUT2D eigenvalue weighted by Crippen LogP contribution is 2.21. The number of aromatic nitrogens is 4. The van der Waals surface area contributed by atoms with E-state index in [1.54, 1.807) is 4.90 Å². The summed E-state index contributed by atoms with van der Waals surface area (Å²) in [6, 6.07) is 9.95. The molecule has 0 radical (unpaired) electrons. The van der Waals surface area contributed by atoms with Gasteiger partial charge in [-0.25, -0.2) is 14.8 Å². The fourth-order valence-electron chi connectivity index (χ4n) is 5.35. The van der Waals surface area contributed by atoms with Crippen LogP contribution in [0.3, 0.4) is 0 Å². The predicted octanol–water partition coefficient (Wildman–Crippen LogP) is 2.12. The second-order valence-electron chi connectivity index (χ2n) is 9.42. The van der Waals surface area contributed by atoms with Gasteiger partial charge in [0.05, 0.1) is 0 Å². The van der Waals surface area contributed by atoms with Gasteiger partial charge in [-0.3, -0.25) is 18.7 Å². The third-order valence-electron chi connectivity index (χ3n) is 7.33. The zero-order chi connectivity index (χ0) is 24.4. The molecule has 0 aliphatic carbocycles. The van der Waals surface area contributed by atoms with Crippen molar-refractivity contribution >= 4 is 16.9 Å². The Hall–Kier alpha value is -3.33. The van der Waals surface area contributed by atoms with Crippen LogP contribution in [0, 0.1) is 0 Å². The molecule has 0 atom stereocenters. The first-order valence-electron chi connectivity index (χ1n) is 12.6. The van der Waals surface area contributed by atoms with Crippen molar-refractivity contribution in [2.45, 2.75) is 58.2 Å². The molecule has 2 saturated heterocycles. The van der Waals surface area contributed by atoms with E-state index in [1.807, 2.05) is 37.3 Å². The lowest BCUT2D eigenvalue weighted by Crippen LogP contribution is -2.50. The zero-order valence-electron chi connectivity index (χ0n) is 20.2. The molecule has 2 aromatic heterocycles. The quantitative estimate of drug-likeness (QED) is 0.560. The van der Waals surface area contributed by atoms with Gasteiger partial charge in [0, 0.05) is 37.4 Å². The van der Waals surface area contributed by atoms with E-state index in [-0.39, 0.29) is 17.8 Å². The van der Waals surface area contributed by atoms with Crippen molar-refractivity contribution in [3.05, 3.63) is 57.4 Å². The Morgan fingerprint density at radius 1 is 0.971 bits per heavy atom. The van der Waals surface area contributed by atoms with E-state index in [2.05, 4.69) is 14.9 Å². The number of aryl methyl sites for hydroxylation is 1. The molecule has 0 bridgehead atoms. The van der Waals surface area contributed by atoms with Gasteiger partial charge < -0.3 is 9.80 Å². The van der Waals surface area contributed by atoms with Crippen LogP contribution in [0.5, 0.6) is 0 Å². The molecule has 1 amide bonds. The van der Waals surface area contributed by atoms with E-state index >= 15 is 0 Å². The molecule has 9 nitrogen and oxygen atoms in total. The van der Waals surface area contributed by atoms with E-state index in [9.17, 15) is 14.4 Å². The number of likely N-dealkylation sites (tertiary alicyclic amines) is 2. The predicted molar refractivity (Wildman–Crippen MR) is 134 cm³/mol. The minimum absolute atomic E-state index is 0.190. The Labute approximate surface area is 204 Å². The maximum Gasteiger partial charge on any atom is 0.333 e. The topological polar surface area (TPSA) is 93.3 Å². The fourth-order valence-corrected chi connectivity index (χ4v) is 5.35. The molecule has 4 heterocycles. The first-order chi connectivity index (χ1) is 17.1. The number of fused-ring (bicyclic) bond motifs is 1. The fraction of sp³-hybridized carbons (Fsp3) is 0.500. The first-order valence-corrected chi connectivity index (χ1v) is 12.6. The van der Waals surface area contributed by atoms with Gasteiger partial charge in [-0.05, 0) is 45.7 Å². The van der Waals surface area contributed by atoms with Crippen LogP contribution in [-0.4, -0.2) is 67.0 Å². The molecule has 35 heavy (non-hydrogen) atoms. The van der Waals surface area contributed by atoms with Crippen molar-refractivity contribution in [2.75, 3.05) is 26.2 Å². The molecule has 0 saturated carbocycles. The third-order valence-corrected chi connectivity index (χ3v) is 7.33. The van der Waals surface area contributed by atoms with Gasteiger partial charge in [-0.2, -0.15) is 0 Å². The normalized spacial score (nSPS) is 17.7. The van der Waals surface area contributed by atoms with E-state index in [1.165, 1.54) is 30.0 Å². The second kappa shape index (κ2) is 10.1. The molecule has 2 aliphatic heterocycles. The summed E-state index contributed by atoms with van der Waals surface area (Å²) in [6.07, 6.45) is 7.15. The number of rotatable bonds is 5. The van der Waals surface area contributed by atoms with Gasteiger partial charge in [0.1, 0.15) is 11.9 Å². The van der Waals surface area contributed by atoms with E-state index in [4.69, 9.17) is 0 Å². The minimum Gasteiger partial charge on any atom is -0.341 e. The molecule has 5 rings (SSSR count). The molecule has 2 aliphatic rings. The van der Waals surface area contributed by atoms with Crippen LogP contribution in [0.2, 0.25) is 0 Å². The average molecular weight is 477 g/mol. The monoisotopic (exact) mass is 476 g/mol. The number of carbonyl (C=O) groups is 1. The molecule has 1 aromatic carbocycles. The number of amides is 1. The maximum absolute atomic E-state index is 13.2. The molecular formula is C26H32N6O3. The van der Waals surface area contributed by atoms with Crippen LogP contribution in [0.4, 0.5) is 0 Å². The van der Waals surface area contributed by atoms with Crippen LogP contribution < -0.4 is 11.2 Å². The third kappa shape index (κ3) is 4.65. The average Bonchev–Trinajstić information content (AvgIpc) is 2.92. The smallest absolute Gasteiger partial charge is 0.333 e. The minimum atomic E-state index is -0.522. The van der Waals surface area contributed by atoms with Crippen LogP contribution in [0.15, 0.2) is 46.1 Å². The van der Waals surface area contributed by atoms with Crippen molar-refractivity contribution in [3.8, 4) is 11.4 Å². The maximum atomic E-state index is 13.2. The molecule has 9 heteroatoms. The van der Waals surface area contributed by atoms with Gasteiger partial charge in [-0.1, -0.05) is 36.8 Å². The summed E-state index contributed by atoms with van der Waals surface area (Å²) in [4.78, 5) is 52.8. The Kier molecular flexibility index (Phi) is 6.77. The molecule has 2 fully saturated rings.